The molecule has 6 rings (SSSR count). The fraction of sp³-hybridized carbons (Fsp3) is 0.290. The van der Waals surface area contributed by atoms with Gasteiger partial charge >= 0.3 is 0 Å². The smallest absolute Gasteiger partial charge is 0.238 e. The van der Waals surface area contributed by atoms with Crippen LogP contribution in [0.5, 0.6) is 17.2 Å². The highest BCUT2D eigenvalue weighted by atomic mass is 127. The molecule has 4 atom stereocenters. The first-order chi connectivity index (χ1) is 19.2. The molecular weight excluding hydrogens is 625 g/mol. The van der Waals surface area contributed by atoms with Gasteiger partial charge in [-0.15, -0.1) is 0 Å². The SMILES string of the molecule is COc1cc(C2C3=CCC4C(=O)N(c5ccc(I)cc5)C(=O)C4C3CC3=C2C(=O)C=C(C)C3=O)cc(OC)c1O. The molecule has 4 aliphatic rings. The van der Waals surface area contributed by atoms with Gasteiger partial charge in [0, 0.05) is 26.2 Å². The lowest BCUT2D eigenvalue weighted by molar-refractivity contribution is -0.123. The summed E-state index contributed by atoms with van der Waals surface area (Å²) in [5.74, 6) is -3.26. The van der Waals surface area contributed by atoms with E-state index in [1.165, 1.54) is 25.2 Å². The van der Waals surface area contributed by atoms with Crippen LogP contribution in [0.25, 0.3) is 0 Å². The van der Waals surface area contributed by atoms with Gasteiger partial charge in [-0.25, -0.2) is 0 Å². The molecule has 0 saturated carbocycles. The molecule has 0 radical (unpaired) electrons. The highest BCUT2D eigenvalue weighted by Gasteiger charge is 2.56. The molecule has 4 unspecified atom stereocenters. The van der Waals surface area contributed by atoms with E-state index in [0.717, 1.165) is 9.14 Å². The minimum atomic E-state index is -0.672. The number of amides is 2. The van der Waals surface area contributed by atoms with Gasteiger partial charge in [0.05, 0.1) is 31.7 Å². The number of imide groups is 1. The molecule has 1 saturated heterocycles. The van der Waals surface area contributed by atoms with Crippen molar-refractivity contribution in [1.29, 1.82) is 0 Å². The molecule has 2 amide bonds. The molecule has 9 heteroatoms. The van der Waals surface area contributed by atoms with Gasteiger partial charge in [-0.2, -0.15) is 0 Å². The van der Waals surface area contributed by atoms with Crippen molar-refractivity contribution in [2.45, 2.75) is 25.7 Å². The molecule has 0 aromatic heterocycles. The molecule has 40 heavy (non-hydrogen) atoms. The molecule has 1 fully saturated rings. The molecule has 204 valence electrons. The molecule has 2 aromatic rings. The Hall–Kier alpha value is -3.73. The van der Waals surface area contributed by atoms with Gasteiger partial charge in [-0.05, 0) is 96.3 Å². The Labute approximate surface area is 244 Å². The van der Waals surface area contributed by atoms with E-state index in [1.54, 1.807) is 31.2 Å². The van der Waals surface area contributed by atoms with Crippen LogP contribution in [0.2, 0.25) is 0 Å². The molecule has 0 spiro atoms. The number of ether oxygens (including phenoxy) is 2. The van der Waals surface area contributed by atoms with Crippen molar-refractivity contribution < 1.29 is 33.8 Å². The van der Waals surface area contributed by atoms with Gasteiger partial charge in [0.25, 0.3) is 0 Å². The minimum absolute atomic E-state index is 0.159. The lowest BCUT2D eigenvalue weighted by Crippen LogP contribution is -2.39. The Kier molecular flexibility index (Phi) is 6.44. The Morgan fingerprint density at radius 1 is 0.950 bits per heavy atom. The summed E-state index contributed by atoms with van der Waals surface area (Å²) in [5, 5.41) is 10.6. The third-order valence-electron chi connectivity index (χ3n) is 8.48. The number of methoxy groups -OCH3 is 2. The van der Waals surface area contributed by atoms with Crippen molar-refractivity contribution >= 4 is 51.7 Å². The zero-order chi connectivity index (χ0) is 28.5. The second-order valence-corrected chi connectivity index (χ2v) is 11.7. The molecule has 1 N–H and O–H groups in total. The summed E-state index contributed by atoms with van der Waals surface area (Å²) in [5.41, 5.74) is 3.00. The number of aromatic hydroxyl groups is 1. The first-order valence-corrected chi connectivity index (χ1v) is 14.0. The van der Waals surface area contributed by atoms with Crippen LogP contribution < -0.4 is 14.4 Å². The largest absolute Gasteiger partial charge is 0.502 e. The summed E-state index contributed by atoms with van der Waals surface area (Å²) >= 11 is 2.17. The van der Waals surface area contributed by atoms with E-state index in [-0.39, 0.29) is 47.1 Å². The first-order valence-electron chi connectivity index (χ1n) is 12.9. The van der Waals surface area contributed by atoms with Crippen LogP contribution in [-0.2, 0) is 19.2 Å². The van der Waals surface area contributed by atoms with Crippen molar-refractivity contribution in [3.8, 4) is 17.2 Å². The summed E-state index contributed by atoms with van der Waals surface area (Å²) in [6, 6.07) is 10.5. The van der Waals surface area contributed by atoms with Gasteiger partial charge < -0.3 is 14.6 Å². The quantitative estimate of drug-likeness (QED) is 0.222. The molecular formula is C31H26INO7. The second kappa shape index (κ2) is 9.72. The molecule has 8 nitrogen and oxygen atoms in total. The standard InChI is InChI=1S/C31H26INO7/c1-14-10-22(34)27-21(28(14)35)13-20-18(25(27)15-11-23(39-2)29(36)24(12-15)40-3)8-9-19-26(20)31(38)33(30(19)37)17-6-4-16(32)5-7-17/h4-8,10-12,19-20,25-26,36H,9,13H2,1-3H3. The van der Waals surface area contributed by atoms with Crippen LogP contribution >= 0.6 is 22.6 Å². The fourth-order valence-corrected chi connectivity index (χ4v) is 7.05. The van der Waals surface area contributed by atoms with E-state index in [0.29, 0.717) is 34.4 Å². The number of Topliss-reactive ketones (excluding diaryl/α,β-unsaturated/α-hetero) is 1. The second-order valence-electron chi connectivity index (χ2n) is 10.5. The third kappa shape index (κ3) is 3.85. The number of nitrogens with zero attached hydrogens (tertiary/aromatic N) is 1. The highest BCUT2D eigenvalue weighted by molar-refractivity contribution is 14.1. The topological polar surface area (TPSA) is 110 Å². The number of halogens is 1. The van der Waals surface area contributed by atoms with Crippen molar-refractivity contribution in [2.75, 3.05) is 19.1 Å². The normalized spacial score (nSPS) is 25.8. The molecule has 1 heterocycles. The van der Waals surface area contributed by atoms with Crippen LogP contribution in [-0.4, -0.2) is 42.7 Å². The Morgan fingerprint density at radius 3 is 2.23 bits per heavy atom. The predicted octanol–water partition coefficient (Wildman–Crippen LogP) is 4.65. The van der Waals surface area contributed by atoms with Gasteiger partial charge in [-0.3, -0.25) is 24.1 Å². The molecule has 3 aliphatic carbocycles. The summed E-state index contributed by atoms with van der Waals surface area (Å²) < 4.78 is 11.8. The zero-order valence-corrected chi connectivity index (χ0v) is 24.2. The van der Waals surface area contributed by atoms with Crippen LogP contribution in [0, 0.1) is 21.3 Å². The minimum Gasteiger partial charge on any atom is -0.502 e. The van der Waals surface area contributed by atoms with Crippen LogP contribution in [0.15, 0.2) is 70.8 Å². The van der Waals surface area contributed by atoms with E-state index >= 15 is 0 Å². The van der Waals surface area contributed by atoms with Crippen LogP contribution in [0.1, 0.15) is 31.2 Å². The number of hydrogen-bond acceptors (Lipinski definition) is 7. The number of carbonyl (C=O) groups excluding carboxylic acids is 4. The van der Waals surface area contributed by atoms with Crippen molar-refractivity contribution in [3.05, 3.63) is 80.0 Å². The van der Waals surface area contributed by atoms with Crippen molar-refractivity contribution in [1.82, 2.24) is 0 Å². The summed E-state index contributed by atoms with van der Waals surface area (Å²) in [6.45, 7) is 1.61. The van der Waals surface area contributed by atoms with Gasteiger partial charge in [0.15, 0.2) is 23.1 Å². The van der Waals surface area contributed by atoms with Crippen molar-refractivity contribution in [2.24, 2.45) is 17.8 Å². The first kappa shape index (κ1) is 26.5. The van der Waals surface area contributed by atoms with Crippen molar-refractivity contribution in [3.63, 3.8) is 0 Å². The number of carbonyl (C=O) groups is 4. The third-order valence-corrected chi connectivity index (χ3v) is 9.20. The van der Waals surface area contributed by atoms with E-state index in [2.05, 4.69) is 22.6 Å². The lowest BCUT2D eigenvalue weighted by atomic mass is 9.59. The number of phenolic OH excluding ortho intramolecular Hbond substituents is 1. The van der Waals surface area contributed by atoms with E-state index in [4.69, 9.17) is 9.47 Å². The number of benzene rings is 2. The summed E-state index contributed by atoms with van der Waals surface area (Å²) in [4.78, 5) is 55.8. The maximum Gasteiger partial charge on any atom is 0.238 e. The number of phenols is 1. The summed E-state index contributed by atoms with van der Waals surface area (Å²) in [7, 11) is 2.83. The predicted molar refractivity (Wildman–Crippen MR) is 154 cm³/mol. The highest BCUT2D eigenvalue weighted by Crippen LogP contribution is 2.56. The number of anilines is 1. The average molecular weight is 651 g/mol. The number of rotatable bonds is 4. The van der Waals surface area contributed by atoms with Gasteiger partial charge in [-0.1, -0.05) is 11.6 Å². The molecule has 1 aliphatic heterocycles. The van der Waals surface area contributed by atoms with E-state index in [1.807, 2.05) is 18.2 Å². The fourth-order valence-electron chi connectivity index (χ4n) is 6.69. The number of hydrogen-bond donors (Lipinski definition) is 1. The summed E-state index contributed by atoms with van der Waals surface area (Å²) in [6.07, 6.45) is 3.85. The maximum atomic E-state index is 14.0. The van der Waals surface area contributed by atoms with Crippen LogP contribution in [0.4, 0.5) is 5.69 Å². The Balaban J connectivity index is 1.51. The number of allylic oxidation sites excluding steroid dienone is 6. The average Bonchev–Trinajstić information content (AvgIpc) is 3.21. The zero-order valence-electron chi connectivity index (χ0n) is 22.1. The Bertz CT molecular complexity index is 1570. The Morgan fingerprint density at radius 2 is 1.60 bits per heavy atom. The number of ketones is 2. The van der Waals surface area contributed by atoms with Gasteiger partial charge in [0.1, 0.15) is 0 Å². The lowest BCUT2D eigenvalue weighted by Gasteiger charge is -2.42. The molecule has 2 aromatic carbocycles. The van der Waals surface area contributed by atoms with Gasteiger partial charge in [0.2, 0.25) is 17.6 Å². The van der Waals surface area contributed by atoms with Crippen LogP contribution in [0.3, 0.4) is 0 Å². The number of fused-ring (bicyclic) bond motifs is 3. The van der Waals surface area contributed by atoms with E-state index < -0.39 is 23.7 Å². The monoisotopic (exact) mass is 651 g/mol. The molecule has 0 bridgehead atoms. The van der Waals surface area contributed by atoms with E-state index in [9.17, 15) is 24.3 Å². The maximum absolute atomic E-state index is 14.0.